The molecule has 1 unspecified atom stereocenters. The van der Waals surface area contributed by atoms with Gasteiger partial charge in [0.25, 0.3) is 0 Å². The van der Waals surface area contributed by atoms with Crippen molar-refractivity contribution < 1.29 is 9.47 Å². The van der Waals surface area contributed by atoms with Crippen molar-refractivity contribution >= 4 is 5.96 Å². The number of hydrogen-bond donors (Lipinski definition) is 1. The molecule has 140 valence electrons. The van der Waals surface area contributed by atoms with Crippen LogP contribution in [0.3, 0.4) is 0 Å². The predicted molar refractivity (Wildman–Crippen MR) is 99.1 cm³/mol. The Kier molecular flexibility index (Phi) is 6.06. The van der Waals surface area contributed by atoms with Crippen LogP contribution in [0.15, 0.2) is 35.7 Å². The van der Waals surface area contributed by atoms with Crippen molar-refractivity contribution in [2.45, 2.75) is 19.6 Å². The van der Waals surface area contributed by atoms with Gasteiger partial charge in [-0.05, 0) is 13.0 Å². The Balaban J connectivity index is 1.73. The fourth-order valence-electron chi connectivity index (χ4n) is 2.96. The Morgan fingerprint density at radius 1 is 1.50 bits per heavy atom. The van der Waals surface area contributed by atoms with E-state index in [-0.39, 0.29) is 6.10 Å². The Labute approximate surface area is 153 Å². The molecular weight excluding hydrogens is 332 g/mol. The average Bonchev–Trinajstić information content (AvgIpc) is 3.12. The van der Waals surface area contributed by atoms with Crippen LogP contribution < -0.4 is 10.1 Å². The minimum Gasteiger partial charge on any atom is -0.481 e. The van der Waals surface area contributed by atoms with Crippen LogP contribution in [-0.2, 0) is 18.3 Å². The summed E-state index contributed by atoms with van der Waals surface area (Å²) in [6, 6.07) is 3.88. The summed E-state index contributed by atoms with van der Waals surface area (Å²) in [7, 11) is 3.54. The zero-order chi connectivity index (χ0) is 18.4. The molecule has 0 spiro atoms. The highest BCUT2D eigenvalue weighted by atomic mass is 16.5. The maximum Gasteiger partial charge on any atom is 0.218 e. The van der Waals surface area contributed by atoms with Crippen molar-refractivity contribution in [3.63, 3.8) is 0 Å². The minimum atomic E-state index is -0.00534. The average molecular weight is 358 g/mol. The molecule has 0 aromatic carbocycles. The zero-order valence-corrected chi connectivity index (χ0v) is 15.6. The summed E-state index contributed by atoms with van der Waals surface area (Å²) in [6.45, 7) is 5.57. The highest BCUT2D eigenvalue weighted by molar-refractivity contribution is 5.80. The van der Waals surface area contributed by atoms with E-state index in [4.69, 9.17) is 14.5 Å². The van der Waals surface area contributed by atoms with E-state index in [2.05, 4.69) is 27.2 Å². The molecule has 0 aliphatic carbocycles. The first kappa shape index (κ1) is 18.2. The van der Waals surface area contributed by atoms with Crippen LogP contribution in [0.1, 0.15) is 24.2 Å². The molecule has 0 amide bonds. The highest BCUT2D eigenvalue weighted by Crippen LogP contribution is 2.22. The molecule has 2 aromatic rings. The van der Waals surface area contributed by atoms with E-state index in [0.29, 0.717) is 19.0 Å². The van der Waals surface area contributed by atoms with Crippen LogP contribution in [0.25, 0.3) is 0 Å². The summed E-state index contributed by atoms with van der Waals surface area (Å²) in [5.41, 5.74) is 2.05. The van der Waals surface area contributed by atoms with Gasteiger partial charge in [-0.15, -0.1) is 0 Å². The predicted octanol–water partition coefficient (Wildman–Crippen LogP) is 1.36. The third kappa shape index (κ3) is 4.32. The van der Waals surface area contributed by atoms with Crippen LogP contribution in [0, 0.1) is 0 Å². The molecule has 1 atom stereocenters. The Morgan fingerprint density at radius 3 is 3.12 bits per heavy atom. The first-order valence-electron chi connectivity index (χ1n) is 8.82. The van der Waals surface area contributed by atoms with Gasteiger partial charge in [-0.2, -0.15) is 5.10 Å². The van der Waals surface area contributed by atoms with Gasteiger partial charge in [-0.25, -0.2) is 9.98 Å². The molecular formula is C18H26N6O2. The molecule has 0 saturated carbocycles. The quantitative estimate of drug-likeness (QED) is 0.642. The Hall–Kier alpha value is -2.61. The largest absolute Gasteiger partial charge is 0.481 e. The standard InChI is InChI=1S/C18H26N6O2/c1-4-19-18(21-10-14-6-5-7-20-17(14)25-3)24-8-9-26-16(13-24)15-11-22-23(2)12-15/h5-7,11-12,16H,4,8-10,13H2,1-3H3,(H,19,21). The number of aryl methyl sites for hydroxylation is 1. The second-order valence-corrected chi connectivity index (χ2v) is 6.09. The normalized spacial score (nSPS) is 18.0. The second kappa shape index (κ2) is 8.66. The van der Waals surface area contributed by atoms with Gasteiger partial charge >= 0.3 is 0 Å². The maximum atomic E-state index is 5.93. The summed E-state index contributed by atoms with van der Waals surface area (Å²) in [5.74, 6) is 1.48. The molecule has 8 heteroatoms. The molecule has 1 fully saturated rings. The van der Waals surface area contributed by atoms with E-state index in [0.717, 1.165) is 36.7 Å². The molecule has 1 aliphatic rings. The van der Waals surface area contributed by atoms with Crippen LogP contribution >= 0.6 is 0 Å². The van der Waals surface area contributed by atoms with E-state index in [1.165, 1.54) is 0 Å². The Bertz CT molecular complexity index is 745. The lowest BCUT2D eigenvalue weighted by molar-refractivity contribution is -0.00805. The highest BCUT2D eigenvalue weighted by Gasteiger charge is 2.25. The Morgan fingerprint density at radius 2 is 2.38 bits per heavy atom. The van der Waals surface area contributed by atoms with Gasteiger partial charge in [0.05, 0.1) is 33.0 Å². The van der Waals surface area contributed by atoms with Crippen LogP contribution in [-0.4, -0.2) is 59.0 Å². The number of rotatable bonds is 5. The van der Waals surface area contributed by atoms with E-state index in [1.807, 2.05) is 31.6 Å². The number of pyridine rings is 1. The summed E-state index contributed by atoms with van der Waals surface area (Å²) in [4.78, 5) is 11.2. The molecule has 1 saturated heterocycles. The van der Waals surface area contributed by atoms with Gasteiger partial charge in [-0.3, -0.25) is 4.68 Å². The number of aliphatic imine (C=N–C) groups is 1. The number of hydrogen-bond acceptors (Lipinski definition) is 5. The zero-order valence-electron chi connectivity index (χ0n) is 15.6. The number of aromatic nitrogens is 3. The van der Waals surface area contributed by atoms with Crippen LogP contribution in [0.5, 0.6) is 5.88 Å². The lowest BCUT2D eigenvalue weighted by atomic mass is 10.1. The van der Waals surface area contributed by atoms with Gasteiger partial charge in [-0.1, -0.05) is 6.07 Å². The third-order valence-electron chi connectivity index (χ3n) is 4.24. The van der Waals surface area contributed by atoms with E-state index in [1.54, 1.807) is 18.0 Å². The van der Waals surface area contributed by atoms with Gasteiger partial charge in [0.1, 0.15) is 6.10 Å². The van der Waals surface area contributed by atoms with Gasteiger partial charge in [0.15, 0.2) is 5.96 Å². The van der Waals surface area contributed by atoms with E-state index < -0.39 is 0 Å². The minimum absolute atomic E-state index is 0.00534. The molecule has 0 radical (unpaired) electrons. The van der Waals surface area contributed by atoms with Gasteiger partial charge < -0.3 is 19.7 Å². The van der Waals surface area contributed by atoms with Crippen molar-refractivity contribution in [1.82, 2.24) is 25.0 Å². The van der Waals surface area contributed by atoms with E-state index >= 15 is 0 Å². The summed E-state index contributed by atoms with van der Waals surface area (Å²) in [5, 5.41) is 7.62. The van der Waals surface area contributed by atoms with Crippen LogP contribution in [0.4, 0.5) is 0 Å². The monoisotopic (exact) mass is 358 g/mol. The SMILES string of the molecule is CCNC(=NCc1cccnc1OC)N1CCOC(c2cnn(C)c2)C1. The maximum absolute atomic E-state index is 5.93. The number of ether oxygens (including phenoxy) is 2. The lowest BCUT2D eigenvalue weighted by Gasteiger charge is -2.34. The van der Waals surface area contributed by atoms with Crippen LogP contribution in [0.2, 0.25) is 0 Å². The number of nitrogens with one attached hydrogen (secondary N) is 1. The summed E-state index contributed by atoms with van der Waals surface area (Å²) < 4.78 is 13.0. The van der Waals surface area contributed by atoms with Crippen molar-refractivity contribution in [2.75, 3.05) is 33.4 Å². The first-order chi connectivity index (χ1) is 12.7. The smallest absolute Gasteiger partial charge is 0.218 e. The molecule has 3 rings (SSSR count). The topological polar surface area (TPSA) is 76.8 Å². The number of methoxy groups -OCH3 is 1. The second-order valence-electron chi connectivity index (χ2n) is 6.09. The van der Waals surface area contributed by atoms with Gasteiger partial charge in [0.2, 0.25) is 5.88 Å². The molecule has 8 nitrogen and oxygen atoms in total. The molecule has 26 heavy (non-hydrogen) atoms. The third-order valence-corrected chi connectivity index (χ3v) is 4.24. The first-order valence-corrected chi connectivity index (χ1v) is 8.82. The van der Waals surface area contributed by atoms with Crippen molar-refractivity contribution in [1.29, 1.82) is 0 Å². The summed E-state index contributed by atoms with van der Waals surface area (Å²) >= 11 is 0. The lowest BCUT2D eigenvalue weighted by Crippen LogP contribution is -2.48. The molecule has 1 aliphatic heterocycles. The summed E-state index contributed by atoms with van der Waals surface area (Å²) in [6.07, 6.45) is 5.57. The number of morpholine rings is 1. The van der Waals surface area contributed by atoms with E-state index in [9.17, 15) is 0 Å². The number of guanidine groups is 1. The molecule has 3 heterocycles. The molecule has 2 aromatic heterocycles. The van der Waals surface area contributed by atoms with Gasteiger partial charge in [0, 0.05) is 43.7 Å². The fourth-order valence-corrected chi connectivity index (χ4v) is 2.96. The van der Waals surface area contributed by atoms with Crippen molar-refractivity contribution in [2.24, 2.45) is 12.0 Å². The molecule has 0 bridgehead atoms. The number of nitrogens with zero attached hydrogens (tertiary/aromatic N) is 5. The molecule has 1 N–H and O–H groups in total. The fraction of sp³-hybridized carbons (Fsp3) is 0.500. The van der Waals surface area contributed by atoms with Crippen molar-refractivity contribution in [3.8, 4) is 5.88 Å². The van der Waals surface area contributed by atoms with Crippen molar-refractivity contribution in [3.05, 3.63) is 41.9 Å².